The third-order valence-corrected chi connectivity index (χ3v) is 9.99. The minimum atomic E-state index is -1.20. The van der Waals surface area contributed by atoms with Gasteiger partial charge in [-0.15, -0.1) is 13.2 Å². The van der Waals surface area contributed by atoms with Crippen molar-refractivity contribution in [3.05, 3.63) is 92.0 Å². The molecule has 3 saturated heterocycles. The molecule has 3 aromatic carbocycles. The van der Waals surface area contributed by atoms with Crippen LogP contribution in [0.5, 0.6) is 5.75 Å². The summed E-state index contributed by atoms with van der Waals surface area (Å²) in [4.78, 5) is 48.9. The Kier molecular flexibility index (Phi) is 8.96. The van der Waals surface area contributed by atoms with Gasteiger partial charge in [0.05, 0.1) is 24.0 Å². The molecule has 3 aliphatic heterocycles. The van der Waals surface area contributed by atoms with Gasteiger partial charge >= 0.3 is 0 Å². The van der Waals surface area contributed by atoms with Crippen LogP contribution in [0.3, 0.4) is 0 Å². The molecule has 2 bridgehead atoms. The van der Waals surface area contributed by atoms with E-state index in [1.807, 2.05) is 80.6 Å². The quantitative estimate of drug-likeness (QED) is 0.261. The van der Waals surface area contributed by atoms with Crippen LogP contribution in [-0.4, -0.2) is 77.8 Å². The maximum Gasteiger partial charge on any atom is 0.253 e. The van der Waals surface area contributed by atoms with Gasteiger partial charge in [0.1, 0.15) is 17.4 Å². The molecule has 0 aliphatic carbocycles. The molecule has 3 fully saturated rings. The van der Waals surface area contributed by atoms with Crippen molar-refractivity contribution in [1.29, 1.82) is 0 Å². The van der Waals surface area contributed by atoms with Crippen molar-refractivity contribution >= 4 is 39.9 Å². The van der Waals surface area contributed by atoms with Crippen molar-refractivity contribution in [1.82, 2.24) is 4.90 Å². The first kappa shape index (κ1) is 32.5. The van der Waals surface area contributed by atoms with E-state index < -0.39 is 29.1 Å². The zero-order chi connectivity index (χ0) is 33.3. The van der Waals surface area contributed by atoms with Crippen molar-refractivity contribution in [2.24, 2.45) is 11.8 Å². The van der Waals surface area contributed by atoms with E-state index in [9.17, 15) is 19.5 Å². The maximum atomic E-state index is 14.9. The first-order valence-corrected chi connectivity index (χ1v) is 16.4. The molecule has 5 atom stereocenters. The number of anilines is 2. The average Bonchev–Trinajstić information content (AvgIpc) is 3.65. The first-order chi connectivity index (χ1) is 22.7. The Labute approximate surface area is 276 Å². The number of hydrogen-bond acceptors (Lipinski definition) is 6. The molecule has 6 rings (SSSR count). The summed E-state index contributed by atoms with van der Waals surface area (Å²) in [6.07, 6.45) is 4.60. The maximum absolute atomic E-state index is 14.9. The fourth-order valence-electron chi connectivity index (χ4n) is 8.02. The summed E-state index contributed by atoms with van der Waals surface area (Å²) < 4.78 is 12.5. The highest BCUT2D eigenvalue weighted by molar-refractivity contribution is 6.07. The Morgan fingerprint density at radius 1 is 0.979 bits per heavy atom. The second kappa shape index (κ2) is 13.0. The average molecular weight is 638 g/mol. The molecule has 3 aromatic rings. The number of hydrogen-bond donors (Lipinski definition) is 1. The van der Waals surface area contributed by atoms with E-state index >= 15 is 0 Å². The number of aliphatic hydroxyl groups excluding tert-OH is 1. The second-order valence-electron chi connectivity index (χ2n) is 12.8. The number of likely N-dealkylation sites (tertiary alicyclic amines) is 1. The van der Waals surface area contributed by atoms with E-state index in [2.05, 4.69) is 13.2 Å². The predicted molar refractivity (Wildman–Crippen MR) is 182 cm³/mol. The lowest BCUT2D eigenvalue weighted by atomic mass is 9.66. The number of carbonyl (C=O) groups excluding carboxylic acids is 3. The SMILES string of the molecule is C=CCN(C(=O)C1N(CCCO)C(=O)[C@@H]2[C@@H](C(=O)N(CC=C)c3ccc(OCC)cc3)[C@@]3(C)CCC12O3)c1ccc2ccccc2c1. The second-order valence-corrected chi connectivity index (χ2v) is 12.8. The van der Waals surface area contributed by atoms with Gasteiger partial charge in [0, 0.05) is 37.6 Å². The molecule has 9 nitrogen and oxygen atoms in total. The summed E-state index contributed by atoms with van der Waals surface area (Å²) in [5.74, 6) is -1.82. The van der Waals surface area contributed by atoms with Gasteiger partial charge < -0.3 is 29.3 Å². The number of rotatable bonds is 13. The fraction of sp³-hybridized carbons (Fsp3) is 0.395. The molecule has 0 saturated carbocycles. The number of amides is 3. The molecule has 3 aliphatic rings. The van der Waals surface area contributed by atoms with Gasteiger partial charge in [0.15, 0.2) is 0 Å². The van der Waals surface area contributed by atoms with Crippen LogP contribution >= 0.6 is 0 Å². The number of ether oxygens (including phenoxy) is 2. The van der Waals surface area contributed by atoms with Crippen molar-refractivity contribution in [2.45, 2.75) is 50.4 Å². The van der Waals surface area contributed by atoms with E-state index in [1.165, 1.54) is 0 Å². The highest BCUT2D eigenvalue weighted by atomic mass is 16.5. The predicted octanol–water partition coefficient (Wildman–Crippen LogP) is 5.12. The van der Waals surface area contributed by atoms with Crippen LogP contribution in [-0.2, 0) is 19.1 Å². The largest absolute Gasteiger partial charge is 0.494 e. The van der Waals surface area contributed by atoms with E-state index in [1.54, 1.807) is 26.9 Å². The Morgan fingerprint density at radius 2 is 1.64 bits per heavy atom. The topological polar surface area (TPSA) is 99.6 Å². The Balaban J connectivity index is 1.40. The molecule has 1 spiro atoms. The summed E-state index contributed by atoms with van der Waals surface area (Å²) in [5.41, 5.74) is -0.812. The zero-order valence-electron chi connectivity index (χ0n) is 27.1. The van der Waals surface area contributed by atoms with E-state index in [0.717, 1.165) is 10.8 Å². The minimum Gasteiger partial charge on any atom is -0.494 e. The van der Waals surface area contributed by atoms with Crippen molar-refractivity contribution in [3.63, 3.8) is 0 Å². The zero-order valence-corrected chi connectivity index (χ0v) is 27.1. The molecule has 3 amide bonds. The van der Waals surface area contributed by atoms with Gasteiger partial charge in [-0.3, -0.25) is 14.4 Å². The van der Waals surface area contributed by atoms with Crippen LogP contribution < -0.4 is 14.5 Å². The van der Waals surface area contributed by atoms with Gasteiger partial charge in [-0.2, -0.15) is 0 Å². The van der Waals surface area contributed by atoms with Gasteiger partial charge in [0.2, 0.25) is 11.8 Å². The molecule has 3 heterocycles. The monoisotopic (exact) mass is 637 g/mol. The Hall–Kier alpha value is -4.47. The van der Waals surface area contributed by atoms with Crippen molar-refractivity contribution in [3.8, 4) is 5.75 Å². The molecule has 0 aromatic heterocycles. The van der Waals surface area contributed by atoms with Gasteiger partial charge in [0.25, 0.3) is 5.91 Å². The summed E-state index contributed by atoms with van der Waals surface area (Å²) >= 11 is 0. The fourth-order valence-corrected chi connectivity index (χ4v) is 8.02. The molecule has 246 valence electrons. The third kappa shape index (κ3) is 5.41. The molecular formula is C38H43N3O6. The lowest BCUT2D eigenvalue weighted by Crippen LogP contribution is -2.56. The summed E-state index contributed by atoms with van der Waals surface area (Å²) in [6, 6.07) is 20.1. The number of benzene rings is 3. The van der Waals surface area contributed by atoms with Crippen LogP contribution in [0.15, 0.2) is 92.0 Å². The van der Waals surface area contributed by atoms with Gasteiger partial charge in [-0.05, 0) is 80.3 Å². The molecule has 9 heteroatoms. The summed E-state index contributed by atoms with van der Waals surface area (Å²) in [6.45, 7) is 12.6. The molecular weight excluding hydrogens is 594 g/mol. The summed E-state index contributed by atoms with van der Waals surface area (Å²) in [5, 5.41) is 11.8. The number of carbonyl (C=O) groups is 3. The van der Waals surface area contributed by atoms with Crippen LogP contribution in [0.4, 0.5) is 11.4 Å². The van der Waals surface area contributed by atoms with Crippen molar-refractivity contribution in [2.75, 3.05) is 42.6 Å². The molecule has 47 heavy (non-hydrogen) atoms. The Morgan fingerprint density at radius 3 is 2.30 bits per heavy atom. The summed E-state index contributed by atoms with van der Waals surface area (Å²) in [7, 11) is 0. The Bertz CT molecular complexity index is 1690. The lowest BCUT2D eigenvalue weighted by Gasteiger charge is -2.37. The first-order valence-electron chi connectivity index (χ1n) is 16.4. The van der Waals surface area contributed by atoms with E-state index in [0.29, 0.717) is 43.0 Å². The normalized spacial score (nSPS) is 25.9. The smallest absolute Gasteiger partial charge is 0.253 e. The number of nitrogens with zero attached hydrogens (tertiary/aromatic N) is 3. The van der Waals surface area contributed by atoms with Crippen LogP contribution in [0, 0.1) is 11.8 Å². The third-order valence-electron chi connectivity index (χ3n) is 9.99. The van der Waals surface area contributed by atoms with Crippen LogP contribution in [0.2, 0.25) is 0 Å². The van der Waals surface area contributed by atoms with Gasteiger partial charge in [-0.25, -0.2) is 0 Å². The lowest BCUT2D eigenvalue weighted by molar-refractivity contribution is -0.144. The molecule has 1 N–H and O–H groups in total. The number of fused-ring (bicyclic) bond motifs is 2. The highest BCUT2D eigenvalue weighted by Gasteiger charge is 2.78. The van der Waals surface area contributed by atoms with E-state index in [4.69, 9.17) is 9.47 Å². The van der Waals surface area contributed by atoms with Gasteiger partial charge in [-0.1, -0.05) is 42.5 Å². The van der Waals surface area contributed by atoms with Crippen LogP contribution in [0.1, 0.15) is 33.1 Å². The van der Waals surface area contributed by atoms with Crippen molar-refractivity contribution < 1.29 is 29.0 Å². The molecule has 2 unspecified atom stereocenters. The standard InChI is InChI=1S/C38H43N3O6/c1-5-21-39(28-15-17-30(18-16-28)46-7-3)34(43)31-32-35(44)41(23-10-24-42)33(38(32)20-19-37(31,4)47-38)36(45)40(22-6-2)29-14-13-26-11-8-9-12-27(26)25-29/h5-6,8-9,11-18,25,31-33,42H,1-2,7,10,19-24H2,3-4H3/t31-,32-,33?,37+,38?/m0/s1. The minimum absolute atomic E-state index is 0.144. The number of aliphatic hydroxyl groups is 1. The molecule has 0 radical (unpaired) electrons. The highest BCUT2D eigenvalue weighted by Crippen LogP contribution is 2.63. The van der Waals surface area contributed by atoms with Crippen LogP contribution in [0.25, 0.3) is 10.8 Å². The van der Waals surface area contributed by atoms with E-state index in [-0.39, 0.29) is 44.0 Å².